The Labute approximate surface area is 117 Å². The van der Waals surface area contributed by atoms with Gasteiger partial charge in [0.15, 0.2) is 0 Å². The summed E-state index contributed by atoms with van der Waals surface area (Å²) in [5, 5.41) is 0. The fourth-order valence-electron chi connectivity index (χ4n) is 2.12. The summed E-state index contributed by atoms with van der Waals surface area (Å²) in [6.07, 6.45) is 2.37. The van der Waals surface area contributed by atoms with Crippen LogP contribution in [0.1, 0.15) is 40.5 Å². The Morgan fingerprint density at radius 1 is 1.30 bits per heavy atom. The molecule has 2 amide bonds. The number of hydrogen-bond acceptors (Lipinski definition) is 3. The smallest absolute Gasteiger partial charge is 0.261 e. The summed E-state index contributed by atoms with van der Waals surface area (Å²) < 4.78 is 13.2. The Balaban J connectivity index is 1.95. The minimum atomic E-state index is -0.616. The molecule has 0 aliphatic carbocycles. The van der Waals surface area contributed by atoms with Gasteiger partial charge in [-0.15, -0.1) is 0 Å². The molecule has 0 spiro atoms. The lowest BCUT2D eigenvalue weighted by atomic mass is 10.1. The van der Waals surface area contributed by atoms with Crippen LogP contribution in [0, 0.1) is 0 Å². The fourth-order valence-corrected chi connectivity index (χ4v) is 2.12. The van der Waals surface area contributed by atoms with Crippen LogP contribution in [0.4, 0.5) is 4.39 Å². The number of carbonyl (C=O) groups is 2. The second-order valence-corrected chi connectivity index (χ2v) is 4.83. The lowest BCUT2D eigenvalue weighted by molar-refractivity contribution is 0.0653. The lowest BCUT2D eigenvalue weighted by Gasteiger charge is -2.12. The number of imide groups is 1. The molecule has 20 heavy (non-hydrogen) atoms. The Morgan fingerprint density at radius 3 is 2.35 bits per heavy atom. The number of carbonyl (C=O) groups excluding carboxylic acids is 2. The second-order valence-electron chi connectivity index (χ2n) is 4.83. The molecule has 1 unspecified atom stereocenters. The average Bonchev–Trinajstić information content (AvgIpc) is 2.68. The summed E-state index contributed by atoms with van der Waals surface area (Å²) in [6.45, 7) is 1.85. The molecule has 0 fully saturated rings. The first-order valence-corrected chi connectivity index (χ1v) is 6.58. The number of nitrogens with zero attached hydrogens (tertiary/aromatic N) is 1. The zero-order chi connectivity index (χ0) is 14.7. The van der Waals surface area contributed by atoms with Crippen molar-refractivity contribution in [3.63, 3.8) is 0 Å². The molecule has 1 heterocycles. The monoisotopic (exact) mass is 276 g/mol. The van der Waals surface area contributed by atoms with Gasteiger partial charge in [0.2, 0.25) is 0 Å². The summed E-state index contributed by atoms with van der Waals surface area (Å²) >= 11 is 0. The second kappa shape index (κ2) is 5.96. The van der Waals surface area contributed by atoms with E-state index in [0.29, 0.717) is 24.0 Å². The van der Waals surface area contributed by atoms with Crippen LogP contribution in [0.2, 0.25) is 0 Å². The van der Waals surface area contributed by atoms with Crippen molar-refractivity contribution in [2.75, 3.05) is 6.54 Å². The lowest BCUT2D eigenvalue weighted by Crippen LogP contribution is -2.30. The third-order valence-electron chi connectivity index (χ3n) is 3.24. The van der Waals surface area contributed by atoms with Crippen LogP contribution in [0.5, 0.6) is 0 Å². The third kappa shape index (κ3) is 2.77. The molecular weight excluding hydrogens is 259 g/mol. The van der Waals surface area contributed by atoms with Gasteiger partial charge in [-0.2, -0.15) is 0 Å². The van der Waals surface area contributed by atoms with Crippen molar-refractivity contribution in [1.82, 2.24) is 4.90 Å². The van der Waals surface area contributed by atoms with Crippen molar-refractivity contribution in [2.45, 2.75) is 25.8 Å². The van der Waals surface area contributed by atoms with Gasteiger partial charge in [0, 0.05) is 6.54 Å². The van der Waals surface area contributed by atoms with Crippen molar-refractivity contribution in [1.29, 1.82) is 0 Å². The maximum atomic E-state index is 13.2. The van der Waals surface area contributed by atoms with E-state index in [1.165, 1.54) is 11.0 Å². The van der Waals surface area contributed by atoms with Crippen molar-refractivity contribution < 1.29 is 14.0 Å². The van der Waals surface area contributed by atoms with E-state index in [9.17, 15) is 14.0 Å². The van der Waals surface area contributed by atoms with Gasteiger partial charge in [-0.05, 0) is 31.9 Å². The molecule has 1 aliphatic rings. The minimum absolute atomic E-state index is 0.276. The highest BCUT2D eigenvalue weighted by Gasteiger charge is 2.34. The minimum Gasteiger partial charge on any atom is -0.322 e. The summed E-state index contributed by atoms with van der Waals surface area (Å²) in [5.41, 5.74) is 6.26. The first kappa shape index (κ1) is 14.4. The molecular formula is C15H17FN2O2. The van der Waals surface area contributed by atoms with Gasteiger partial charge in [0.05, 0.1) is 17.2 Å². The van der Waals surface area contributed by atoms with Crippen LogP contribution in [-0.4, -0.2) is 29.3 Å². The summed E-state index contributed by atoms with van der Waals surface area (Å²) in [7, 11) is 0. The van der Waals surface area contributed by atoms with Crippen molar-refractivity contribution in [2.24, 2.45) is 5.73 Å². The van der Waals surface area contributed by atoms with Gasteiger partial charge < -0.3 is 5.73 Å². The zero-order valence-corrected chi connectivity index (χ0v) is 11.3. The number of unbranched alkanes of at least 4 members (excludes halogenated alkanes) is 1. The van der Waals surface area contributed by atoms with E-state index < -0.39 is 6.04 Å². The van der Waals surface area contributed by atoms with Gasteiger partial charge >= 0.3 is 0 Å². The van der Waals surface area contributed by atoms with Crippen LogP contribution in [0.25, 0.3) is 0 Å². The first-order valence-electron chi connectivity index (χ1n) is 6.58. The van der Waals surface area contributed by atoms with E-state index in [-0.39, 0.29) is 24.2 Å². The van der Waals surface area contributed by atoms with E-state index in [2.05, 4.69) is 0 Å². The Hall–Kier alpha value is -2.01. The third-order valence-corrected chi connectivity index (χ3v) is 3.24. The number of nitrogens with two attached hydrogens (primary N) is 1. The number of halogens is 1. The zero-order valence-electron chi connectivity index (χ0n) is 11.3. The van der Waals surface area contributed by atoms with Gasteiger partial charge in [0.25, 0.3) is 11.8 Å². The first-order chi connectivity index (χ1) is 9.52. The highest BCUT2D eigenvalue weighted by molar-refractivity contribution is 6.21. The van der Waals surface area contributed by atoms with Crippen LogP contribution in [0.3, 0.4) is 0 Å². The molecule has 2 rings (SSSR count). The molecule has 4 nitrogen and oxygen atoms in total. The van der Waals surface area contributed by atoms with Gasteiger partial charge in [-0.3, -0.25) is 14.5 Å². The number of allylic oxidation sites excluding steroid dienone is 1. The molecule has 106 valence electrons. The topological polar surface area (TPSA) is 63.4 Å². The number of rotatable bonds is 5. The fraction of sp³-hybridized carbons (Fsp3) is 0.333. The largest absolute Gasteiger partial charge is 0.322 e. The van der Waals surface area contributed by atoms with Crippen LogP contribution < -0.4 is 5.73 Å². The number of hydrogen-bond donors (Lipinski definition) is 1. The summed E-state index contributed by atoms with van der Waals surface area (Å²) in [6, 6.07) is 6.13. The van der Waals surface area contributed by atoms with Crippen molar-refractivity contribution in [3.8, 4) is 0 Å². The van der Waals surface area contributed by atoms with Crippen molar-refractivity contribution >= 4 is 11.8 Å². The molecule has 0 aromatic heterocycles. The highest BCUT2D eigenvalue weighted by atomic mass is 19.1. The van der Waals surface area contributed by atoms with E-state index in [1.807, 2.05) is 0 Å². The quantitative estimate of drug-likeness (QED) is 0.662. The predicted octanol–water partition coefficient (Wildman–Crippen LogP) is 2.26. The molecule has 0 bridgehead atoms. The Bertz CT molecular complexity index is 532. The summed E-state index contributed by atoms with van der Waals surface area (Å²) in [4.78, 5) is 25.3. The maximum absolute atomic E-state index is 13.2. The number of fused-ring (bicyclic) bond motifs is 1. The standard InChI is InChI=1S/C15H17FN2O2/c1-10(17)13(16)8-4-5-9-18-14(19)11-6-2-3-7-12(11)15(18)20/h2-3,6-8,10H,4-5,9,17H2,1H3/b13-8-. The number of amides is 2. The molecule has 0 saturated heterocycles. The molecule has 0 radical (unpaired) electrons. The van der Waals surface area contributed by atoms with E-state index in [1.54, 1.807) is 31.2 Å². The molecule has 1 aromatic carbocycles. The van der Waals surface area contributed by atoms with Gasteiger partial charge in [0.1, 0.15) is 5.83 Å². The average molecular weight is 276 g/mol. The predicted molar refractivity (Wildman–Crippen MR) is 73.9 cm³/mol. The van der Waals surface area contributed by atoms with Crippen LogP contribution in [-0.2, 0) is 0 Å². The molecule has 0 saturated carbocycles. The molecule has 5 heteroatoms. The van der Waals surface area contributed by atoms with E-state index in [4.69, 9.17) is 5.73 Å². The molecule has 1 aromatic rings. The van der Waals surface area contributed by atoms with Crippen molar-refractivity contribution in [3.05, 3.63) is 47.3 Å². The summed E-state index contributed by atoms with van der Waals surface area (Å²) in [5.74, 6) is -0.920. The molecule has 1 aliphatic heterocycles. The Morgan fingerprint density at radius 2 is 1.85 bits per heavy atom. The van der Waals surface area contributed by atoms with Gasteiger partial charge in [-0.25, -0.2) is 4.39 Å². The van der Waals surface area contributed by atoms with Crippen LogP contribution >= 0.6 is 0 Å². The molecule has 2 N–H and O–H groups in total. The number of benzene rings is 1. The van der Waals surface area contributed by atoms with E-state index >= 15 is 0 Å². The Kier molecular flexibility index (Phi) is 4.29. The maximum Gasteiger partial charge on any atom is 0.261 e. The van der Waals surface area contributed by atoms with Crippen LogP contribution in [0.15, 0.2) is 36.2 Å². The van der Waals surface area contributed by atoms with Gasteiger partial charge in [-0.1, -0.05) is 18.2 Å². The van der Waals surface area contributed by atoms with E-state index in [0.717, 1.165) is 0 Å². The normalized spacial score (nSPS) is 16.6. The highest BCUT2D eigenvalue weighted by Crippen LogP contribution is 2.22. The molecule has 1 atom stereocenters. The SMILES string of the molecule is CC(N)/C(F)=C/CCCN1C(=O)c2ccccc2C1=O.